The topological polar surface area (TPSA) is 64.3 Å². The van der Waals surface area contributed by atoms with Gasteiger partial charge in [0.25, 0.3) is 5.91 Å². The van der Waals surface area contributed by atoms with E-state index in [4.69, 9.17) is 5.26 Å². The Morgan fingerprint density at radius 2 is 2.10 bits per heavy atom. The van der Waals surface area contributed by atoms with E-state index in [0.717, 1.165) is 4.90 Å². The minimum atomic E-state index is -0.661. The lowest BCUT2D eigenvalue weighted by molar-refractivity contribution is -0.00212. The Bertz CT molecular complexity index is 527. The van der Waals surface area contributed by atoms with Crippen LogP contribution in [0.25, 0.3) is 0 Å². The first kappa shape index (κ1) is 14.9. The molecular weight excluding hydrogens is 272 g/mol. The number of hydrogen-bond donors (Lipinski definition) is 1. The highest BCUT2D eigenvalue weighted by Gasteiger charge is 2.30. The van der Waals surface area contributed by atoms with E-state index >= 15 is 0 Å². The minimum Gasteiger partial charge on any atom is -0.390 e. The van der Waals surface area contributed by atoms with E-state index in [0.29, 0.717) is 37.2 Å². The van der Waals surface area contributed by atoms with Crippen LogP contribution in [0.3, 0.4) is 0 Å². The number of carbonyl (C=O) groups excluding carboxylic acids is 1. The molecule has 1 saturated heterocycles. The zero-order valence-corrected chi connectivity index (χ0v) is 12.3. The van der Waals surface area contributed by atoms with Crippen LogP contribution in [0.15, 0.2) is 29.2 Å². The van der Waals surface area contributed by atoms with E-state index in [1.807, 2.05) is 25.1 Å². The van der Waals surface area contributed by atoms with Crippen LogP contribution >= 0.6 is 11.8 Å². The van der Waals surface area contributed by atoms with Crippen molar-refractivity contribution in [3.05, 3.63) is 29.8 Å². The Morgan fingerprint density at radius 1 is 1.45 bits per heavy atom. The third kappa shape index (κ3) is 3.53. The lowest BCUT2D eigenvalue weighted by Gasteiger charge is -2.36. The van der Waals surface area contributed by atoms with Gasteiger partial charge < -0.3 is 10.0 Å². The molecule has 1 aromatic carbocycles. The molecule has 1 fully saturated rings. The lowest BCUT2D eigenvalue weighted by atomic mass is 9.93. The molecule has 20 heavy (non-hydrogen) atoms. The molecule has 0 atom stereocenters. The summed E-state index contributed by atoms with van der Waals surface area (Å²) in [4.78, 5) is 15.2. The Kier molecular flexibility index (Phi) is 4.69. The van der Waals surface area contributed by atoms with Gasteiger partial charge in [0.2, 0.25) is 0 Å². The standard InChI is InChI=1S/C15H18N2O2S/c1-15(19)6-9-17(10-7-15)14(18)12-4-2-3-5-13(12)20-11-8-16/h2-5,19H,6-7,9-11H2,1H3. The molecule has 1 heterocycles. The molecule has 0 bridgehead atoms. The van der Waals surface area contributed by atoms with Crippen LogP contribution < -0.4 is 0 Å². The largest absolute Gasteiger partial charge is 0.390 e. The molecule has 0 radical (unpaired) electrons. The van der Waals surface area contributed by atoms with Gasteiger partial charge in [0.1, 0.15) is 0 Å². The molecule has 1 aliphatic rings. The van der Waals surface area contributed by atoms with Crippen LogP contribution in [-0.4, -0.2) is 40.4 Å². The fourth-order valence-electron chi connectivity index (χ4n) is 2.24. The first-order valence-corrected chi connectivity index (χ1v) is 7.62. The van der Waals surface area contributed by atoms with E-state index in [9.17, 15) is 9.90 Å². The third-order valence-electron chi connectivity index (χ3n) is 3.54. The van der Waals surface area contributed by atoms with E-state index < -0.39 is 5.60 Å². The van der Waals surface area contributed by atoms with Gasteiger partial charge in [-0.15, -0.1) is 11.8 Å². The molecule has 4 nitrogen and oxygen atoms in total. The number of rotatable bonds is 3. The molecule has 5 heteroatoms. The van der Waals surface area contributed by atoms with Gasteiger partial charge in [0.15, 0.2) is 0 Å². The van der Waals surface area contributed by atoms with Crippen LogP contribution in [0.1, 0.15) is 30.1 Å². The number of thioether (sulfide) groups is 1. The van der Waals surface area contributed by atoms with Crippen molar-refractivity contribution in [2.45, 2.75) is 30.3 Å². The number of nitrogens with zero attached hydrogens (tertiary/aromatic N) is 2. The average molecular weight is 290 g/mol. The van der Waals surface area contributed by atoms with Gasteiger partial charge in [-0.2, -0.15) is 5.26 Å². The quantitative estimate of drug-likeness (QED) is 0.868. The molecule has 0 aromatic heterocycles. The van der Waals surface area contributed by atoms with Gasteiger partial charge in [-0.25, -0.2) is 0 Å². The van der Waals surface area contributed by atoms with Crippen molar-refractivity contribution in [1.82, 2.24) is 4.90 Å². The number of piperidine rings is 1. The lowest BCUT2D eigenvalue weighted by Crippen LogP contribution is -2.45. The van der Waals surface area contributed by atoms with Crippen LogP contribution in [0.4, 0.5) is 0 Å². The number of benzene rings is 1. The van der Waals surface area contributed by atoms with E-state index in [-0.39, 0.29) is 5.91 Å². The van der Waals surface area contributed by atoms with Crippen LogP contribution in [-0.2, 0) is 0 Å². The van der Waals surface area contributed by atoms with Crippen molar-refractivity contribution in [3.63, 3.8) is 0 Å². The Labute approximate surface area is 123 Å². The van der Waals surface area contributed by atoms with Crippen molar-refractivity contribution in [3.8, 4) is 6.07 Å². The maximum Gasteiger partial charge on any atom is 0.254 e. The summed E-state index contributed by atoms with van der Waals surface area (Å²) in [6.07, 6.45) is 1.21. The molecule has 0 spiro atoms. The summed E-state index contributed by atoms with van der Waals surface area (Å²) in [6.45, 7) is 2.96. The second kappa shape index (κ2) is 6.29. The average Bonchev–Trinajstić information content (AvgIpc) is 2.45. The predicted molar refractivity (Wildman–Crippen MR) is 78.5 cm³/mol. The van der Waals surface area contributed by atoms with Gasteiger partial charge in [-0.1, -0.05) is 12.1 Å². The van der Waals surface area contributed by atoms with Crippen molar-refractivity contribution in [1.29, 1.82) is 5.26 Å². The fraction of sp³-hybridized carbons (Fsp3) is 0.467. The highest BCUT2D eigenvalue weighted by molar-refractivity contribution is 7.99. The number of hydrogen-bond acceptors (Lipinski definition) is 4. The predicted octanol–water partition coefficient (Wildman–Crippen LogP) is 2.29. The van der Waals surface area contributed by atoms with E-state index in [1.54, 1.807) is 11.0 Å². The molecule has 1 N–H and O–H groups in total. The minimum absolute atomic E-state index is 0.0125. The summed E-state index contributed by atoms with van der Waals surface area (Å²) in [5.74, 6) is 0.320. The number of aliphatic hydroxyl groups is 1. The summed E-state index contributed by atoms with van der Waals surface area (Å²) in [7, 11) is 0. The van der Waals surface area contributed by atoms with Crippen LogP contribution in [0.2, 0.25) is 0 Å². The fourth-order valence-corrected chi connectivity index (χ4v) is 2.95. The number of amides is 1. The second-order valence-electron chi connectivity index (χ2n) is 5.23. The molecule has 1 amide bonds. The SMILES string of the molecule is CC1(O)CCN(C(=O)c2ccccc2SCC#N)CC1. The molecule has 106 valence electrons. The molecule has 0 unspecified atom stereocenters. The maximum atomic E-state index is 12.5. The van der Waals surface area contributed by atoms with Crippen molar-refractivity contribution in [2.24, 2.45) is 0 Å². The molecule has 2 rings (SSSR count). The zero-order valence-electron chi connectivity index (χ0n) is 11.5. The summed E-state index contributed by atoms with van der Waals surface area (Å²) < 4.78 is 0. The van der Waals surface area contributed by atoms with Gasteiger partial charge in [-0.05, 0) is 31.9 Å². The first-order chi connectivity index (χ1) is 9.53. The van der Waals surface area contributed by atoms with Gasteiger partial charge in [-0.3, -0.25) is 4.79 Å². The maximum absolute atomic E-state index is 12.5. The van der Waals surface area contributed by atoms with Crippen molar-refractivity contribution in [2.75, 3.05) is 18.8 Å². The summed E-state index contributed by atoms with van der Waals surface area (Å²) in [5, 5.41) is 18.6. The molecule has 0 aliphatic carbocycles. The highest BCUT2D eigenvalue weighted by atomic mass is 32.2. The van der Waals surface area contributed by atoms with Crippen LogP contribution in [0, 0.1) is 11.3 Å². The number of carbonyl (C=O) groups is 1. The number of likely N-dealkylation sites (tertiary alicyclic amines) is 1. The van der Waals surface area contributed by atoms with Crippen molar-refractivity contribution >= 4 is 17.7 Å². The van der Waals surface area contributed by atoms with Crippen molar-refractivity contribution < 1.29 is 9.90 Å². The third-order valence-corrected chi connectivity index (χ3v) is 4.48. The van der Waals surface area contributed by atoms with E-state index in [2.05, 4.69) is 6.07 Å². The zero-order chi connectivity index (χ0) is 14.6. The molecule has 1 aliphatic heterocycles. The molecule has 0 saturated carbocycles. The van der Waals surface area contributed by atoms with Gasteiger partial charge >= 0.3 is 0 Å². The normalized spacial score (nSPS) is 17.6. The van der Waals surface area contributed by atoms with Crippen LogP contribution in [0.5, 0.6) is 0 Å². The second-order valence-corrected chi connectivity index (χ2v) is 6.25. The van der Waals surface area contributed by atoms with Gasteiger partial charge in [0, 0.05) is 18.0 Å². The smallest absolute Gasteiger partial charge is 0.254 e. The van der Waals surface area contributed by atoms with Gasteiger partial charge in [0.05, 0.1) is 23.0 Å². The summed E-state index contributed by atoms with van der Waals surface area (Å²) >= 11 is 1.38. The highest BCUT2D eigenvalue weighted by Crippen LogP contribution is 2.26. The Morgan fingerprint density at radius 3 is 2.75 bits per heavy atom. The Hall–Kier alpha value is -1.51. The summed E-state index contributed by atoms with van der Waals surface area (Å²) in [6, 6.07) is 9.46. The molecular formula is C15H18N2O2S. The Balaban J connectivity index is 2.12. The number of nitriles is 1. The van der Waals surface area contributed by atoms with E-state index in [1.165, 1.54) is 11.8 Å². The monoisotopic (exact) mass is 290 g/mol. The first-order valence-electron chi connectivity index (χ1n) is 6.64. The molecule has 1 aromatic rings. The summed E-state index contributed by atoms with van der Waals surface area (Å²) in [5.41, 5.74) is -0.0134.